The molecule has 4 rings (SSSR count). The van der Waals surface area contributed by atoms with Crippen molar-refractivity contribution in [2.24, 2.45) is 0 Å². The van der Waals surface area contributed by atoms with Gasteiger partial charge in [-0.25, -0.2) is 15.0 Å². The van der Waals surface area contributed by atoms with E-state index in [1.807, 2.05) is 23.7 Å². The molecule has 1 N–H and O–H groups in total. The van der Waals surface area contributed by atoms with Crippen LogP contribution in [0.5, 0.6) is 0 Å². The molecular formula is C15H16N6OS. The van der Waals surface area contributed by atoms with Gasteiger partial charge in [-0.1, -0.05) is 0 Å². The van der Waals surface area contributed by atoms with Gasteiger partial charge in [-0.2, -0.15) is 0 Å². The van der Waals surface area contributed by atoms with Crippen LogP contribution >= 0.6 is 11.3 Å². The molecule has 1 unspecified atom stereocenters. The normalized spacial score (nSPS) is 17.8. The standard InChI is InChI=1S/C15H16N6OS/c1-10-18-12(9-23-10)15(22)19-11-2-5-21(8-11)14-13-16-3-6-20(13)7-4-17-14/h3-4,6-7,9,11H,2,5,8H2,1H3,(H,19,22). The minimum Gasteiger partial charge on any atom is -0.351 e. The molecule has 0 aliphatic carbocycles. The zero-order valence-electron chi connectivity index (χ0n) is 12.6. The summed E-state index contributed by atoms with van der Waals surface area (Å²) >= 11 is 1.49. The summed E-state index contributed by atoms with van der Waals surface area (Å²) in [7, 11) is 0. The van der Waals surface area contributed by atoms with E-state index in [-0.39, 0.29) is 11.9 Å². The largest absolute Gasteiger partial charge is 0.351 e. The Labute approximate surface area is 137 Å². The predicted molar refractivity (Wildman–Crippen MR) is 87.9 cm³/mol. The maximum absolute atomic E-state index is 12.2. The van der Waals surface area contributed by atoms with E-state index in [1.165, 1.54) is 11.3 Å². The number of aryl methyl sites for hydroxylation is 1. The first-order valence-corrected chi connectivity index (χ1v) is 8.34. The molecule has 1 saturated heterocycles. The van der Waals surface area contributed by atoms with Crippen LogP contribution in [0.15, 0.2) is 30.2 Å². The summed E-state index contributed by atoms with van der Waals surface area (Å²) in [5.41, 5.74) is 1.34. The highest BCUT2D eigenvalue weighted by atomic mass is 32.1. The Morgan fingerprint density at radius 3 is 2.96 bits per heavy atom. The molecule has 4 heterocycles. The minimum absolute atomic E-state index is 0.0986. The van der Waals surface area contributed by atoms with Gasteiger partial charge in [0.1, 0.15) is 5.69 Å². The molecule has 0 radical (unpaired) electrons. The van der Waals surface area contributed by atoms with Crippen LogP contribution in [0, 0.1) is 6.92 Å². The fraction of sp³-hybridized carbons (Fsp3) is 0.333. The summed E-state index contributed by atoms with van der Waals surface area (Å²) in [6.07, 6.45) is 8.21. The van der Waals surface area contributed by atoms with Crippen LogP contribution in [0.25, 0.3) is 5.65 Å². The second kappa shape index (κ2) is 5.62. The Morgan fingerprint density at radius 2 is 2.17 bits per heavy atom. The molecule has 3 aromatic rings. The SMILES string of the molecule is Cc1nc(C(=O)NC2CCN(c3nccn4ccnc34)C2)cs1. The van der Waals surface area contributed by atoms with Crippen molar-refractivity contribution in [3.8, 4) is 0 Å². The summed E-state index contributed by atoms with van der Waals surface area (Å²) in [6.45, 7) is 3.48. The van der Waals surface area contributed by atoms with E-state index in [1.54, 1.807) is 17.8 Å². The molecule has 118 valence electrons. The highest BCUT2D eigenvalue weighted by Crippen LogP contribution is 2.22. The molecule has 23 heavy (non-hydrogen) atoms. The first-order chi connectivity index (χ1) is 11.2. The maximum atomic E-state index is 12.2. The lowest BCUT2D eigenvalue weighted by Gasteiger charge is -2.18. The highest BCUT2D eigenvalue weighted by Gasteiger charge is 2.27. The lowest BCUT2D eigenvalue weighted by Crippen LogP contribution is -2.37. The molecule has 3 aromatic heterocycles. The molecule has 1 aliphatic rings. The Bertz CT molecular complexity index is 856. The second-order valence-corrected chi connectivity index (χ2v) is 6.63. The number of amides is 1. The lowest BCUT2D eigenvalue weighted by atomic mass is 10.2. The average molecular weight is 328 g/mol. The van der Waals surface area contributed by atoms with Crippen LogP contribution in [0.3, 0.4) is 0 Å². The van der Waals surface area contributed by atoms with Crippen LogP contribution < -0.4 is 10.2 Å². The Balaban J connectivity index is 1.47. The van der Waals surface area contributed by atoms with Gasteiger partial charge in [0.25, 0.3) is 5.91 Å². The third-order valence-electron chi connectivity index (χ3n) is 3.97. The summed E-state index contributed by atoms with van der Waals surface area (Å²) in [4.78, 5) is 27.4. The summed E-state index contributed by atoms with van der Waals surface area (Å²) in [6, 6.07) is 0.0986. The Morgan fingerprint density at radius 1 is 1.35 bits per heavy atom. The van der Waals surface area contributed by atoms with Crippen LogP contribution in [0.4, 0.5) is 5.82 Å². The van der Waals surface area contributed by atoms with Crippen molar-refractivity contribution in [3.63, 3.8) is 0 Å². The number of nitrogens with one attached hydrogen (secondary N) is 1. The fourth-order valence-corrected chi connectivity index (χ4v) is 3.45. The topological polar surface area (TPSA) is 75.4 Å². The number of carbonyl (C=O) groups is 1. The van der Waals surface area contributed by atoms with Gasteiger partial charge >= 0.3 is 0 Å². The van der Waals surface area contributed by atoms with Gasteiger partial charge in [-0.15, -0.1) is 11.3 Å². The van der Waals surface area contributed by atoms with Crippen molar-refractivity contribution >= 4 is 28.7 Å². The van der Waals surface area contributed by atoms with E-state index >= 15 is 0 Å². The number of hydrogen-bond acceptors (Lipinski definition) is 6. The van der Waals surface area contributed by atoms with E-state index in [2.05, 4.69) is 25.2 Å². The van der Waals surface area contributed by atoms with E-state index < -0.39 is 0 Å². The van der Waals surface area contributed by atoms with Crippen molar-refractivity contribution in [1.29, 1.82) is 0 Å². The molecule has 8 heteroatoms. The number of rotatable bonds is 3. The van der Waals surface area contributed by atoms with Crippen LogP contribution in [-0.2, 0) is 0 Å². The summed E-state index contributed by atoms with van der Waals surface area (Å²) < 4.78 is 1.95. The van der Waals surface area contributed by atoms with Gasteiger partial charge < -0.3 is 14.6 Å². The molecule has 0 spiro atoms. The van der Waals surface area contributed by atoms with Gasteiger partial charge in [-0.3, -0.25) is 4.79 Å². The number of hydrogen-bond donors (Lipinski definition) is 1. The minimum atomic E-state index is -0.104. The van der Waals surface area contributed by atoms with Crippen molar-refractivity contribution in [3.05, 3.63) is 40.9 Å². The van der Waals surface area contributed by atoms with E-state index in [0.717, 1.165) is 36.0 Å². The van der Waals surface area contributed by atoms with E-state index in [4.69, 9.17) is 0 Å². The molecule has 1 amide bonds. The molecular weight excluding hydrogens is 312 g/mol. The third-order valence-corrected chi connectivity index (χ3v) is 4.74. The van der Waals surface area contributed by atoms with Gasteiger partial charge in [0.05, 0.1) is 5.01 Å². The summed E-state index contributed by atoms with van der Waals surface area (Å²) in [5.74, 6) is 0.756. The molecule has 0 bridgehead atoms. The number of fused-ring (bicyclic) bond motifs is 1. The number of carbonyl (C=O) groups excluding carboxylic acids is 1. The van der Waals surface area contributed by atoms with Crippen molar-refractivity contribution in [2.45, 2.75) is 19.4 Å². The van der Waals surface area contributed by atoms with E-state index in [9.17, 15) is 4.79 Å². The predicted octanol–water partition coefficient (Wildman–Crippen LogP) is 1.50. The monoisotopic (exact) mass is 328 g/mol. The number of nitrogens with zero attached hydrogens (tertiary/aromatic N) is 5. The van der Waals surface area contributed by atoms with Crippen LogP contribution in [0.2, 0.25) is 0 Å². The van der Waals surface area contributed by atoms with Crippen LogP contribution in [0.1, 0.15) is 21.9 Å². The Kier molecular flexibility index (Phi) is 3.45. The zero-order chi connectivity index (χ0) is 15.8. The molecule has 1 atom stereocenters. The maximum Gasteiger partial charge on any atom is 0.271 e. The molecule has 7 nitrogen and oxygen atoms in total. The van der Waals surface area contributed by atoms with Gasteiger partial charge in [0, 0.05) is 49.3 Å². The molecule has 1 fully saturated rings. The zero-order valence-corrected chi connectivity index (χ0v) is 13.5. The van der Waals surface area contributed by atoms with Crippen LogP contribution in [-0.4, -0.2) is 44.4 Å². The number of imidazole rings is 1. The van der Waals surface area contributed by atoms with Crippen molar-refractivity contribution in [1.82, 2.24) is 24.7 Å². The van der Waals surface area contributed by atoms with Crippen molar-refractivity contribution in [2.75, 3.05) is 18.0 Å². The first kappa shape index (κ1) is 14.1. The third kappa shape index (κ3) is 2.65. The number of thiazole rings is 1. The molecule has 0 aromatic carbocycles. The second-order valence-electron chi connectivity index (χ2n) is 5.57. The van der Waals surface area contributed by atoms with Crippen molar-refractivity contribution < 1.29 is 4.79 Å². The quantitative estimate of drug-likeness (QED) is 0.789. The highest BCUT2D eigenvalue weighted by molar-refractivity contribution is 7.09. The molecule has 1 aliphatic heterocycles. The fourth-order valence-electron chi connectivity index (χ4n) is 2.86. The van der Waals surface area contributed by atoms with Gasteiger partial charge in [-0.05, 0) is 13.3 Å². The van der Waals surface area contributed by atoms with Gasteiger partial charge in [0.15, 0.2) is 11.5 Å². The smallest absolute Gasteiger partial charge is 0.271 e. The van der Waals surface area contributed by atoms with Gasteiger partial charge in [0.2, 0.25) is 0 Å². The van der Waals surface area contributed by atoms with E-state index in [0.29, 0.717) is 5.69 Å². The number of aromatic nitrogens is 4. The average Bonchev–Trinajstić information content (AvgIpc) is 3.26. The Hall–Kier alpha value is -2.48. The number of anilines is 1. The first-order valence-electron chi connectivity index (χ1n) is 7.46. The lowest BCUT2D eigenvalue weighted by molar-refractivity contribution is 0.0936. The summed E-state index contributed by atoms with van der Waals surface area (Å²) in [5, 5.41) is 5.76. The molecule has 0 saturated carbocycles.